The molecular formula is C9H9F3N2O2. The van der Waals surface area contributed by atoms with Gasteiger partial charge in [-0.25, -0.2) is 4.98 Å². The van der Waals surface area contributed by atoms with Crippen LogP contribution >= 0.6 is 0 Å². The third-order valence-electron chi connectivity index (χ3n) is 1.57. The maximum Gasteiger partial charge on any atom is 0.422 e. The second-order valence-electron chi connectivity index (χ2n) is 2.90. The van der Waals surface area contributed by atoms with Crippen LogP contribution in [0.5, 0.6) is 5.88 Å². The monoisotopic (exact) mass is 234 g/mol. The summed E-state index contributed by atoms with van der Waals surface area (Å²) in [6.07, 6.45) is -2.58. The Morgan fingerprint density at radius 3 is 2.88 bits per heavy atom. The van der Waals surface area contributed by atoms with Gasteiger partial charge in [0.05, 0.1) is 0 Å². The van der Waals surface area contributed by atoms with E-state index < -0.39 is 12.8 Å². The molecular weight excluding hydrogens is 225 g/mol. The molecule has 1 rings (SSSR count). The number of ether oxygens (including phenoxy) is 1. The predicted octanol–water partition coefficient (Wildman–Crippen LogP) is 1.27. The zero-order chi connectivity index (χ0) is 12.0. The first-order valence-electron chi connectivity index (χ1n) is 4.33. The third-order valence-corrected chi connectivity index (χ3v) is 1.57. The standard InChI is InChI=1S/C9H9F3N2O2/c10-9(11,12)5-16-8-3-7(1-2-14-8)4-13-6-15/h1-3,6H,4-5H2,(H,13,15). The van der Waals surface area contributed by atoms with Crippen LogP contribution in [0.15, 0.2) is 18.3 Å². The highest BCUT2D eigenvalue weighted by molar-refractivity contribution is 5.46. The minimum absolute atomic E-state index is 0.123. The number of carbonyl (C=O) groups is 1. The Labute approximate surface area is 89.4 Å². The minimum atomic E-state index is -4.39. The van der Waals surface area contributed by atoms with Crippen molar-refractivity contribution < 1.29 is 22.7 Å². The van der Waals surface area contributed by atoms with Gasteiger partial charge in [0.25, 0.3) is 0 Å². The summed E-state index contributed by atoms with van der Waals surface area (Å²) >= 11 is 0. The number of alkyl halides is 3. The molecule has 1 amide bonds. The minimum Gasteiger partial charge on any atom is -0.468 e. The lowest BCUT2D eigenvalue weighted by Crippen LogP contribution is -2.19. The fraction of sp³-hybridized carbons (Fsp3) is 0.333. The van der Waals surface area contributed by atoms with Gasteiger partial charge in [-0.3, -0.25) is 4.79 Å². The number of halogens is 3. The largest absolute Gasteiger partial charge is 0.468 e. The molecule has 88 valence electrons. The maximum atomic E-state index is 11.8. The van der Waals surface area contributed by atoms with Gasteiger partial charge in [-0.2, -0.15) is 13.2 Å². The average Bonchev–Trinajstić information content (AvgIpc) is 2.23. The Kier molecular flexibility index (Phi) is 4.10. The van der Waals surface area contributed by atoms with Gasteiger partial charge < -0.3 is 10.1 Å². The number of amides is 1. The van der Waals surface area contributed by atoms with Crippen molar-refractivity contribution in [3.05, 3.63) is 23.9 Å². The number of aromatic nitrogens is 1. The van der Waals surface area contributed by atoms with Gasteiger partial charge in [0.2, 0.25) is 12.3 Å². The molecule has 0 bridgehead atoms. The molecule has 0 aliphatic rings. The molecule has 0 radical (unpaired) electrons. The predicted molar refractivity (Wildman–Crippen MR) is 48.7 cm³/mol. The lowest BCUT2D eigenvalue weighted by atomic mass is 10.3. The number of nitrogens with one attached hydrogen (secondary N) is 1. The normalized spacial score (nSPS) is 10.9. The van der Waals surface area contributed by atoms with Crippen LogP contribution in [0, 0.1) is 0 Å². The van der Waals surface area contributed by atoms with Crippen molar-refractivity contribution in [2.24, 2.45) is 0 Å². The van der Waals surface area contributed by atoms with E-state index in [1.54, 1.807) is 6.07 Å². The van der Waals surface area contributed by atoms with E-state index in [0.717, 1.165) is 0 Å². The van der Waals surface area contributed by atoms with Crippen molar-refractivity contribution >= 4 is 6.41 Å². The van der Waals surface area contributed by atoms with E-state index in [0.29, 0.717) is 12.0 Å². The first kappa shape index (κ1) is 12.3. The molecule has 4 nitrogen and oxygen atoms in total. The average molecular weight is 234 g/mol. The fourth-order valence-electron chi connectivity index (χ4n) is 0.955. The van der Waals surface area contributed by atoms with Crippen LogP contribution in [-0.4, -0.2) is 24.2 Å². The van der Waals surface area contributed by atoms with Crippen LogP contribution in [0.1, 0.15) is 5.56 Å². The number of hydrogen-bond acceptors (Lipinski definition) is 3. The number of rotatable bonds is 5. The van der Waals surface area contributed by atoms with Gasteiger partial charge in [0, 0.05) is 18.8 Å². The lowest BCUT2D eigenvalue weighted by Gasteiger charge is -2.08. The molecule has 0 saturated carbocycles. The van der Waals surface area contributed by atoms with Crippen molar-refractivity contribution in [2.45, 2.75) is 12.7 Å². The van der Waals surface area contributed by atoms with Crippen LogP contribution in [0.4, 0.5) is 13.2 Å². The highest BCUT2D eigenvalue weighted by atomic mass is 19.4. The molecule has 1 heterocycles. The quantitative estimate of drug-likeness (QED) is 0.780. The molecule has 0 fully saturated rings. The fourth-order valence-corrected chi connectivity index (χ4v) is 0.955. The number of pyridine rings is 1. The SMILES string of the molecule is O=CNCc1ccnc(OCC(F)(F)F)c1. The van der Waals surface area contributed by atoms with E-state index in [-0.39, 0.29) is 12.4 Å². The van der Waals surface area contributed by atoms with Gasteiger partial charge in [0.1, 0.15) is 0 Å². The van der Waals surface area contributed by atoms with Gasteiger partial charge in [-0.15, -0.1) is 0 Å². The van der Waals surface area contributed by atoms with Crippen molar-refractivity contribution in [1.82, 2.24) is 10.3 Å². The smallest absolute Gasteiger partial charge is 0.422 e. The van der Waals surface area contributed by atoms with Crippen molar-refractivity contribution in [2.75, 3.05) is 6.61 Å². The van der Waals surface area contributed by atoms with Crippen molar-refractivity contribution in [3.8, 4) is 5.88 Å². The summed E-state index contributed by atoms with van der Waals surface area (Å²) in [6, 6.07) is 2.90. The summed E-state index contributed by atoms with van der Waals surface area (Å²) in [5.74, 6) is -0.123. The molecule has 0 unspecified atom stereocenters. The molecule has 0 aromatic carbocycles. The molecule has 0 aliphatic heterocycles. The number of carbonyl (C=O) groups excluding carboxylic acids is 1. The summed E-state index contributed by atoms with van der Waals surface area (Å²) in [6.45, 7) is -1.17. The molecule has 1 aromatic rings. The summed E-state index contributed by atoms with van der Waals surface area (Å²) in [5.41, 5.74) is 0.610. The second-order valence-corrected chi connectivity index (χ2v) is 2.90. The topological polar surface area (TPSA) is 51.2 Å². The van der Waals surface area contributed by atoms with Crippen LogP contribution < -0.4 is 10.1 Å². The van der Waals surface area contributed by atoms with Gasteiger partial charge in [0.15, 0.2) is 6.61 Å². The molecule has 1 aromatic heterocycles. The molecule has 0 saturated heterocycles. The Bertz CT molecular complexity index is 355. The summed E-state index contributed by atoms with van der Waals surface area (Å²) in [5, 5.41) is 2.38. The summed E-state index contributed by atoms with van der Waals surface area (Å²) < 4.78 is 39.9. The van der Waals surface area contributed by atoms with Gasteiger partial charge in [-0.1, -0.05) is 0 Å². The molecule has 16 heavy (non-hydrogen) atoms. The number of hydrogen-bond donors (Lipinski definition) is 1. The Hall–Kier alpha value is -1.79. The lowest BCUT2D eigenvalue weighted by molar-refractivity contribution is -0.154. The van der Waals surface area contributed by atoms with Crippen LogP contribution in [0.3, 0.4) is 0 Å². The molecule has 7 heteroatoms. The highest BCUT2D eigenvalue weighted by Gasteiger charge is 2.28. The van der Waals surface area contributed by atoms with Crippen molar-refractivity contribution in [1.29, 1.82) is 0 Å². The summed E-state index contributed by atoms with van der Waals surface area (Å²) in [7, 11) is 0. The molecule has 0 spiro atoms. The van der Waals surface area contributed by atoms with E-state index in [1.165, 1.54) is 12.3 Å². The van der Waals surface area contributed by atoms with E-state index >= 15 is 0 Å². The molecule has 0 atom stereocenters. The highest BCUT2D eigenvalue weighted by Crippen LogP contribution is 2.17. The second kappa shape index (κ2) is 5.34. The first-order chi connectivity index (χ1) is 7.51. The van der Waals surface area contributed by atoms with E-state index in [9.17, 15) is 18.0 Å². The summed E-state index contributed by atoms with van der Waals surface area (Å²) in [4.78, 5) is 13.6. The maximum absolute atomic E-state index is 11.8. The van der Waals surface area contributed by atoms with Crippen LogP contribution in [0.2, 0.25) is 0 Å². The van der Waals surface area contributed by atoms with Gasteiger partial charge in [-0.05, 0) is 11.6 Å². The Balaban J connectivity index is 2.56. The van der Waals surface area contributed by atoms with Crippen LogP contribution in [-0.2, 0) is 11.3 Å². The molecule has 0 aliphatic carbocycles. The first-order valence-corrected chi connectivity index (χ1v) is 4.33. The Morgan fingerprint density at radius 1 is 1.50 bits per heavy atom. The zero-order valence-corrected chi connectivity index (χ0v) is 8.12. The van der Waals surface area contributed by atoms with Crippen LogP contribution in [0.25, 0.3) is 0 Å². The van der Waals surface area contributed by atoms with Crippen molar-refractivity contribution in [3.63, 3.8) is 0 Å². The zero-order valence-electron chi connectivity index (χ0n) is 8.12. The Morgan fingerprint density at radius 2 is 2.25 bits per heavy atom. The third kappa shape index (κ3) is 4.63. The van der Waals surface area contributed by atoms with Gasteiger partial charge >= 0.3 is 6.18 Å². The number of nitrogens with zero attached hydrogens (tertiary/aromatic N) is 1. The molecule has 1 N–H and O–H groups in total. The van der Waals surface area contributed by atoms with E-state index in [2.05, 4.69) is 15.0 Å². The van der Waals surface area contributed by atoms with E-state index in [1.807, 2.05) is 0 Å². The van der Waals surface area contributed by atoms with E-state index in [4.69, 9.17) is 0 Å².